The van der Waals surface area contributed by atoms with Crippen LogP contribution >= 0.6 is 11.6 Å². The van der Waals surface area contributed by atoms with Gasteiger partial charge in [0, 0.05) is 24.8 Å². The first kappa shape index (κ1) is 13.2. The molecule has 0 unspecified atom stereocenters. The summed E-state index contributed by atoms with van der Waals surface area (Å²) in [5.41, 5.74) is 3.53. The normalized spacial score (nSPS) is 12.9. The highest BCUT2D eigenvalue weighted by Crippen LogP contribution is 2.30. The molecule has 1 aliphatic rings. The van der Waals surface area contributed by atoms with Crippen molar-refractivity contribution >= 4 is 23.0 Å². The van der Waals surface area contributed by atoms with Crippen LogP contribution in [0.25, 0.3) is 0 Å². The molecule has 0 spiro atoms. The summed E-state index contributed by atoms with van der Waals surface area (Å²) in [6.07, 6.45) is 0.995. The quantitative estimate of drug-likeness (QED) is 0.886. The fourth-order valence-electron chi connectivity index (χ4n) is 2.45. The minimum atomic E-state index is -0.685. The summed E-state index contributed by atoms with van der Waals surface area (Å²) in [7, 11) is 0. The van der Waals surface area contributed by atoms with E-state index < -0.39 is 11.6 Å². The summed E-state index contributed by atoms with van der Waals surface area (Å²) in [5, 5.41) is 6.30. The first-order valence-corrected chi connectivity index (χ1v) is 6.76. The topological polar surface area (TPSA) is 24.1 Å². The minimum Gasteiger partial charge on any atom is -0.384 e. The second-order valence-electron chi connectivity index (χ2n) is 4.73. The van der Waals surface area contributed by atoms with Crippen molar-refractivity contribution in [2.24, 2.45) is 0 Å². The molecule has 20 heavy (non-hydrogen) atoms. The van der Waals surface area contributed by atoms with E-state index in [0.29, 0.717) is 6.54 Å². The molecular formula is C15H13ClF2N2. The Morgan fingerprint density at radius 1 is 1.25 bits per heavy atom. The van der Waals surface area contributed by atoms with Gasteiger partial charge in [0.05, 0.1) is 10.7 Å². The molecule has 1 heterocycles. The molecule has 0 amide bonds. The van der Waals surface area contributed by atoms with Gasteiger partial charge in [-0.2, -0.15) is 0 Å². The fourth-order valence-corrected chi connectivity index (χ4v) is 2.71. The molecule has 104 valence electrons. The third-order valence-corrected chi connectivity index (χ3v) is 3.69. The molecule has 5 heteroatoms. The lowest BCUT2D eigenvalue weighted by Gasteiger charge is -2.13. The van der Waals surface area contributed by atoms with Crippen molar-refractivity contribution in [3.8, 4) is 0 Å². The Balaban J connectivity index is 1.83. The van der Waals surface area contributed by atoms with E-state index in [1.54, 1.807) is 0 Å². The first-order valence-electron chi connectivity index (χ1n) is 6.38. The molecule has 0 bridgehead atoms. The van der Waals surface area contributed by atoms with Crippen molar-refractivity contribution in [2.75, 3.05) is 17.2 Å². The average molecular weight is 295 g/mol. The van der Waals surface area contributed by atoms with E-state index >= 15 is 0 Å². The summed E-state index contributed by atoms with van der Waals surface area (Å²) in [6, 6.07) is 7.94. The van der Waals surface area contributed by atoms with E-state index in [2.05, 4.69) is 16.7 Å². The minimum absolute atomic E-state index is 0.0445. The first-order chi connectivity index (χ1) is 9.65. The van der Waals surface area contributed by atoms with Crippen LogP contribution in [0, 0.1) is 11.6 Å². The second kappa shape index (κ2) is 5.29. The van der Waals surface area contributed by atoms with Gasteiger partial charge in [-0.3, -0.25) is 0 Å². The van der Waals surface area contributed by atoms with Crippen molar-refractivity contribution in [3.63, 3.8) is 0 Å². The molecule has 0 radical (unpaired) electrons. The molecule has 2 N–H and O–H groups in total. The van der Waals surface area contributed by atoms with Crippen LogP contribution < -0.4 is 10.6 Å². The summed E-state index contributed by atoms with van der Waals surface area (Å²) < 4.78 is 26.7. The summed E-state index contributed by atoms with van der Waals surface area (Å²) in [6.45, 7) is 1.34. The largest absolute Gasteiger partial charge is 0.384 e. The summed E-state index contributed by atoms with van der Waals surface area (Å²) in [4.78, 5) is 0. The maximum absolute atomic E-state index is 13.7. The zero-order valence-electron chi connectivity index (χ0n) is 10.6. The standard InChI is InChI=1S/C15H13ClF2N2/c16-12-6-11(17)7-13(18)15(12)20-8-10-3-1-2-9-4-5-19-14(9)10/h1-3,6-7,19-20H,4-5,8H2. The smallest absolute Gasteiger partial charge is 0.150 e. The lowest BCUT2D eigenvalue weighted by Crippen LogP contribution is -2.05. The van der Waals surface area contributed by atoms with Crippen molar-refractivity contribution in [1.82, 2.24) is 0 Å². The molecule has 0 atom stereocenters. The van der Waals surface area contributed by atoms with Gasteiger partial charge in [-0.25, -0.2) is 8.78 Å². The zero-order chi connectivity index (χ0) is 14.1. The molecule has 0 aromatic heterocycles. The van der Waals surface area contributed by atoms with Crippen molar-refractivity contribution < 1.29 is 8.78 Å². The van der Waals surface area contributed by atoms with E-state index in [-0.39, 0.29) is 10.7 Å². The van der Waals surface area contributed by atoms with Gasteiger partial charge in [-0.15, -0.1) is 0 Å². The van der Waals surface area contributed by atoms with Crippen LogP contribution in [0.4, 0.5) is 20.2 Å². The van der Waals surface area contributed by atoms with Crippen molar-refractivity contribution in [1.29, 1.82) is 0 Å². The molecule has 0 aliphatic carbocycles. The summed E-state index contributed by atoms with van der Waals surface area (Å²) in [5.74, 6) is -1.36. The number of fused-ring (bicyclic) bond motifs is 1. The Bertz CT molecular complexity index is 635. The van der Waals surface area contributed by atoms with Gasteiger partial charge in [0.25, 0.3) is 0 Å². The van der Waals surface area contributed by atoms with Crippen LogP contribution in [0.5, 0.6) is 0 Å². The Kier molecular flexibility index (Phi) is 3.49. The Morgan fingerprint density at radius 3 is 2.90 bits per heavy atom. The van der Waals surface area contributed by atoms with E-state index in [1.165, 1.54) is 5.56 Å². The summed E-state index contributed by atoms with van der Waals surface area (Å²) >= 11 is 5.86. The van der Waals surface area contributed by atoms with Crippen LogP contribution in [-0.4, -0.2) is 6.54 Å². The van der Waals surface area contributed by atoms with Gasteiger partial charge in [-0.05, 0) is 23.6 Å². The molecule has 0 saturated heterocycles. The SMILES string of the molecule is Fc1cc(F)c(NCc2cccc3c2NCC3)c(Cl)c1. The van der Waals surface area contributed by atoms with E-state index in [9.17, 15) is 8.78 Å². The van der Waals surface area contributed by atoms with E-state index in [0.717, 1.165) is 36.3 Å². The molecule has 2 aromatic carbocycles. The maximum Gasteiger partial charge on any atom is 0.150 e. The Morgan fingerprint density at radius 2 is 2.10 bits per heavy atom. The molecule has 3 rings (SSSR count). The van der Waals surface area contributed by atoms with E-state index in [1.807, 2.05) is 12.1 Å². The number of rotatable bonds is 3. The zero-order valence-corrected chi connectivity index (χ0v) is 11.4. The number of benzene rings is 2. The highest BCUT2D eigenvalue weighted by Gasteiger charge is 2.15. The van der Waals surface area contributed by atoms with Gasteiger partial charge < -0.3 is 10.6 Å². The molecule has 0 saturated carbocycles. The van der Waals surface area contributed by atoms with Crippen molar-refractivity contribution in [3.05, 3.63) is 58.1 Å². The molecule has 0 fully saturated rings. The van der Waals surface area contributed by atoms with Gasteiger partial charge in [0.15, 0.2) is 5.82 Å². The fraction of sp³-hybridized carbons (Fsp3) is 0.200. The number of hydrogen-bond acceptors (Lipinski definition) is 2. The lowest BCUT2D eigenvalue weighted by molar-refractivity contribution is 0.585. The Labute approximate surface area is 120 Å². The number of halogens is 3. The second-order valence-corrected chi connectivity index (χ2v) is 5.13. The van der Waals surface area contributed by atoms with Crippen LogP contribution in [0.2, 0.25) is 5.02 Å². The monoisotopic (exact) mass is 294 g/mol. The van der Waals surface area contributed by atoms with Gasteiger partial charge in [0.1, 0.15) is 5.82 Å². The Hall–Kier alpha value is -1.81. The van der Waals surface area contributed by atoms with Crippen LogP contribution in [0.1, 0.15) is 11.1 Å². The third-order valence-electron chi connectivity index (χ3n) is 3.40. The van der Waals surface area contributed by atoms with Gasteiger partial charge >= 0.3 is 0 Å². The molecule has 2 nitrogen and oxygen atoms in total. The van der Waals surface area contributed by atoms with Gasteiger partial charge in [-0.1, -0.05) is 29.8 Å². The molecule has 1 aliphatic heterocycles. The van der Waals surface area contributed by atoms with Crippen LogP contribution in [0.15, 0.2) is 30.3 Å². The van der Waals surface area contributed by atoms with Crippen molar-refractivity contribution in [2.45, 2.75) is 13.0 Å². The van der Waals surface area contributed by atoms with Gasteiger partial charge in [0.2, 0.25) is 0 Å². The lowest BCUT2D eigenvalue weighted by atomic mass is 10.1. The molecular weight excluding hydrogens is 282 g/mol. The number of para-hydroxylation sites is 1. The predicted molar refractivity (Wildman–Crippen MR) is 77.3 cm³/mol. The van der Waals surface area contributed by atoms with E-state index in [4.69, 9.17) is 11.6 Å². The van der Waals surface area contributed by atoms with Crippen LogP contribution in [-0.2, 0) is 13.0 Å². The maximum atomic E-state index is 13.7. The third kappa shape index (κ3) is 2.43. The average Bonchev–Trinajstić information content (AvgIpc) is 2.86. The molecule has 2 aromatic rings. The predicted octanol–water partition coefficient (Wildman–Crippen LogP) is 4.20. The number of anilines is 2. The highest BCUT2D eigenvalue weighted by molar-refractivity contribution is 6.33. The number of hydrogen-bond donors (Lipinski definition) is 2. The van der Waals surface area contributed by atoms with Crippen LogP contribution in [0.3, 0.4) is 0 Å². The number of nitrogens with one attached hydrogen (secondary N) is 2. The highest BCUT2D eigenvalue weighted by atomic mass is 35.5.